The minimum Gasteiger partial charge on any atom is -0.491 e. The molecular formula is C18H22FN5O. The zero-order valence-corrected chi connectivity index (χ0v) is 14.6. The van der Waals surface area contributed by atoms with Crippen LogP contribution in [0.15, 0.2) is 41.3 Å². The molecule has 0 aliphatic heterocycles. The number of ether oxygens (including phenoxy) is 1. The van der Waals surface area contributed by atoms with Gasteiger partial charge in [-0.1, -0.05) is 6.92 Å². The lowest BCUT2D eigenvalue weighted by molar-refractivity contribution is 0.301. The lowest BCUT2D eigenvalue weighted by atomic mass is 10.1. The van der Waals surface area contributed by atoms with Gasteiger partial charge in [0.05, 0.1) is 18.0 Å². The molecule has 6 nitrogen and oxygen atoms in total. The summed E-state index contributed by atoms with van der Waals surface area (Å²) >= 11 is 0. The third-order valence-electron chi connectivity index (χ3n) is 3.34. The highest BCUT2D eigenvalue weighted by atomic mass is 19.1. The summed E-state index contributed by atoms with van der Waals surface area (Å²) < 4.78 is 19.6. The Balaban J connectivity index is 2.32. The molecule has 3 N–H and O–H groups in total. The van der Waals surface area contributed by atoms with E-state index in [1.165, 1.54) is 12.3 Å². The third kappa shape index (κ3) is 4.76. The molecule has 0 aliphatic carbocycles. The monoisotopic (exact) mass is 343 g/mol. The second-order valence-corrected chi connectivity index (χ2v) is 5.35. The van der Waals surface area contributed by atoms with Crippen molar-refractivity contribution in [3.8, 4) is 17.0 Å². The van der Waals surface area contributed by atoms with E-state index in [-0.39, 0.29) is 5.75 Å². The van der Waals surface area contributed by atoms with Gasteiger partial charge in [-0.25, -0.2) is 14.4 Å². The molecule has 7 heteroatoms. The number of aryl methyl sites for hydroxylation is 1. The first-order valence-electron chi connectivity index (χ1n) is 7.96. The largest absolute Gasteiger partial charge is 0.491 e. The quantitative estimate of drug-likeness (QED) is 0.754. The van der Waals surface area contributed by atoms with E-state index in [9.17, 15) is 4.39 Å². The Morgan fingerprint density at radius 2 is 2.24 bits per heavy atom. The summed E-state index contributed by atoms with van der Waals surface area (Å²) in [7, 11) is 1.64. The molecule has 132 valence electrons. The molecule has 0 bridgehead atoms. The van der Waals surface area contributed by atoms with Gasteiger partial charge in [-0.15, -0.1) is 0 Å². The van der Waals surface area contributed by atoms with E-state index >= 15 is 0 Å². The number of rotatable bonds is 7. The van der Waals surface area contributed by atoms with Gasteiger partial charge in [0.15, 0.2) is 11.6 Å². The average molecular weight is 343 g/mol. The molecule has 25 heavy (non-hydrogen) atoms. The lowest BCUT2D eigenvalue weighted by Gasteiger charge is -2.11. The first kappa shape index (κ1) is 18.4. The molecule has 1 heterocycles. The maximum Gasteiger partial charge on any atom is 0.227 e. The summed E-state index contributed by atoms with van der Waals surface area (Å²) in [5.41, 5.74) is 8.19. The molecule has 0 radical (unpaired) electrons. The van der Waals surface area contributed by atoms with Gasteiger partial charge in [-0.2, -0.15) is 0 Å². The molecule has 2 rings (SSSR count). The maximum atomic E-state index is 14.2. The van der Waals surface area contributed by atoms with Crippen LogP contribution in [0.25, 0.3) is 11.3 Å². The number of nitrogens with zero attached hydrogens (tertiary/aromatic N) is 3. The number of aliphatic imine (C=N–C) groups is 1. The summed E-state index contributed by atoms with van der Waals surface area (Å²) in [6.45, 7) is 4.31. The first-order valence-corrected chi connectivity index (χ1v) is 7.96. The number of nitrogens with one attached hydrogen (secondary N) is 1. The van der Waals surface area contributed by atoms with Crippen molar-refractivity contribution in [3.63, 3.8) is 0 Å². The van der Waals surface area contributed by atoms with Crippen LogP contribution in [0.1, 0.15) is 18.9 Å². The third-order valence-corrected chi connectivity index (χ3v) is 3.34. The Labute approximate surface area is 146 Å². The number of hydrogen-bond acceptors (Lipinski definition) is 6. The van der Waals surface area contributed by atoms with Gasteiger partial charge < -0.3 is 15.8 Å². The van der Waals surface area contributed by atoms with Gasteiger partial charge in [0.25, 0.3) is 0 Å². The highest BCUT2D eigenvalue weighted by Crippen LogP contribution is 2.27. The van der Waals surface area contributed by atoms with Crippen LogP contribution in [0.5, 0.6) is 5.75 Å². The molecule has 1 aromatic carbocycles. The summed E-state index contributed by atoms with van der Waals surface area (Å²) in [4.78, 5) is 12.6. The van der Waals surface area contributed by atoms with E-state index in [1.807, 2.05) is 13.8 Å². The van der Waals surface area contributed by atoms with Gasteiger partial charge >= 0.3 is 0 Å². The van der Waals surface area contributed by atoms with Crippen LogP contribution in [-0.2, 0) is 0 Å². The molecule has 0 atom stereocenters. The van der Waals surface area contributed by atoms with Gasteiger partial charge in [0.2, 0.25) is 5.95 Å². The molecule has 0 saturated heterocycles. The predicted molar refractivity (Wildman–Crippen MR) is 98.3 cm³/mol. The molecule has 1 aromatic heterocycles. The number of anilines is 1. The van der Waals surface area contributed by atoms with Crippen molar-refractivity contribution < 1.29 is 9.13 Å². The average Bonchev–Trinajstić information content (AvgIpc) is 2.61. The Morgan fingerprint density at radius 3 is 2.88 bits per heavy atom. The number of allylic oxidation sites excluding steroid dienone is 1. The molecule has 0 amide bonds. The van der Waals surface area contributed by atoms with Crippen LogP contribution in [0.2, 0.25) is 0 Å². The van der Waals surface area contributed by atoms with Crippen molar-refractivity contribution in [2.45, 2.75) is 20.3 Å². The molecule has 0 saturated carbocycles. The molecule has 0 aliphatic rings. The second kappa shape index (κ2) is 8.77. The van der Waals surface area contributed by atoms with Crippen molar-refractivity contribution in [1.29, 1.82) is 0 Å². The molecule has 0 fully saturated rings. The molecule has 0 spiro atoms. The van der Waals surface area contributed by atoms with Gasteiger partial charge in [0, 0.05) is 31.2 Å². The SMILES string of the molecule is CCCOc1ccc(-c2nc(NC(C=NC)=CN)ncc2C)cc1F. The second-order valence-electron chi connectivity index (χ2n) is 5.35. The van der Waals surface area contributed by atoms with Gasteiger partial charge in [0.1, 0.15) is 0 Å². The number of aromatic nitrogens is 2. The maximum absolute atomic E-state index is 14.2. The van der Waals surface area contributed by atoms with E-state index in [2.05, 4.69) is 20.3 Å². The van der Waals surface area contributed by atoms with Crippen molar-refractivity contribution >= 4 is 12.2 Å². The van der Waals surface area contributed by atoms with E-state index in [0.717, 1.165) is 12.0 Å². The van der Waals surface area contributed by atoms with Crippen LogP contribution >= 0.6 is 0 Å². The zero-order chi connectivity index (χ0) is 18.2. The minimum absolute atomic E-state index is 0.239. The Morgan fingerprint density at radius 1 is 1.44 bits per heavy atom. The summed E-state index contributed by atoms with van der Waals surface area (Å²) in [5.74, 6) is 0.172. The number of hydrogen-bond donors (Lipinski definition) is 2. The Kier molecular flexibility index (Phi) is 6.45. The smallest absolute Gasteiger partial charge is 0.227 e. The van der Waals surface area contributed by atoms with Crippen molar-refractivity contribution in [1.82, 2.24) is 9.97 Å². The van der Waals surface area contributed by atoms with Crippen LogP contribution < -0.4 is 15.8 Å². The van der Waals surface area contributed by atoms with E-state index < -0.39 is 5.82 Å². The standard InChI is InChI=1S/C18H22FN5O/c1-4-7-25-16-6-5-13(8-15(16)19)17-12(2)10-22-18(24-17)23-14(9-20)11-21-3/h5-6,8-11H,4,7,20H2,1-3H3,(H,22,23,24). The molecule has 2 aromatic rings. The Hall–Kier alpha value is -2.96. The van der Waals surface area contributed by atoms with Gasteiger partial charge in [-0.3, -0.25) is 4.99 Å². The van der Waals surface area contributed by atoms with Crippen LogP contribution in [0, 0.1) is 12.7 Å². The van der Waals surface area contributed by atoms with Gasteiger partial charge in [-0.05, 0) is 37.1 Å². The summed E-state index contributed by atoms with van der Waals surface area (Å²) in [6, 6.07) is 4.81. The summed E-state index contributed by atoms with van der Waals surface area (Å²) in [6.07, 6.45) is 5.42. The fraction of sp³-hybridized carbons (Fsp3) is 0.278. The number of benzene rings is 1. The Bertz CT molecular complexity index is 789. The summed E-state index contributed by atoms with van der Waals surface area (Å²) in [5, 5.41) is 2.97. The van der Waals surface area contributed by atoms with Crippen molar-refractivity contribution in [2.75, 3.05) is 19.0 Å². The van der Waals surface area contributed by atoms with Crippen LogP contribution in [0.3, 0.4) is 0 Å². The number of halogens is 1. The fourth-order valence-electron chi connectivity index (χ4n) is 2.16. The van der Waals surface area contributed by atoms with E-state index in [4.69, 9.17) is 10.5 Å². The lowest BCUT2D eigenvalue weighted by Crippen LogP contribution is -2.08. The minimum atomic E-state index is -0.417. The van der Waals surface area contributed by atoms with Crippen molar-refractivity contribution in [2.24, 2.45) is 10.7 Å². The fourth-order valence-corrected chi connectivity index (χ4v) is 2.16. The van der Waals surface area contributed by atoms with E-state index in [1.54, 1.807) is 31.6 Å². The molecular weight excluding hydrogens is 321 g/mol. The first-order chi connectivity index (χ1) is 12.1. The number of nitrogens with two attached hydrogens (primary N) is 1. The topological polar surface area (TPSA) is 85.4 Å². The predicted octanol–water partition coefficient (Wildman–Crippen LogP) is 3.29. The van der Waals surface area contributed by atoms with E-state index in [0.29, 0.717) is 29.5 Å². The van der Waals surface area contributed by atoms with Crippen LogP contribution in [0.4, 0.5) is 10.3 Å². The highest BCUT2D eigenvalue weighted by molar-refractivity contribution is 5.82. The normalized spacial score (nSPS) is 11.8. The van der Waals surface area contributed by atoms with Crippen molar-refractivity contribution in [3.05, 3.63) is 47.7 Å². The highest BCUT2D eigenvalue weighted by Gasteiger charge is 2.11. The van der Waals surface area contributed by atoms with Crippen LogP contribution in [-0.4, -0.2) is 29.8 Å². The molecule has 0 unspecified atom stereocenters. The zero-order valence-electron chi connectivity index (χ0n) is 14.6.